The summed E-state index contributed by atoms with van der Waals surface area (Å²) >= 11 is 0. The topological polar surface area (TPSA) is 85.8 Å². The van der Waals surface area contributed by atoms with Gasteiger partial charge in [-0.25, -0.2) is 9.97 Å². The molecular formula is C22H23N5O. The molecule has 4 aromatic rings. The van der Waals surface area contributed by atoms with Crippen LogP contribution in [0.3, 0.4) is 0 Å². The van der Waals surface area contributed by atoms with Crippen molar-refractivity contribution >= 4 is 33.9 Å². The summed E-state index contributed by atoms with van der Waals surface area (Å²) in [5.41, 5.74) is 11.4. The number of rotatable bonds is 4. The Bertz CT molecular complexity index is 1190. The molecule has 2 heterocycles. The lowest BCUT2D eigenvalue weighted by Gasteiger charge is -2.12. The van der Waals surface area contributed by atoms with Gasteiger partial charge in [-0.15, -0.1) is 0 Å². The van der Waals surface area contributed by atoms with Crippen LogP contribution in [-0.2, 0) is 0 Å². The van der Waals surface area contributed by atoms with Crippen LogP contribution in [0.2, 0.25) is 0 Å². The third-order valence-electron chi connectivity index (χ3n) is 4.97. The van der Waals surface area contributed by atoms with Gasteiger partial charge < -0.3 is 11.1 Å². The lowest BCUT2D eigenvalue weighted by molar-refractivity contribution is 0.0941. The van der Waals surface area contributed by atoms with Crippen molar-refractivity contribution in [1.29, 1.82) is 0 Å². The van der Waals surface area contributed by atoms with Gasteiger partial charge in [-0.1, -0.05) is 31.2 Å². The number of nitrogens with two attached hydrogens (primary N) is 1. The van der Waals surface area contributed by atoms with E-state index in [1.807, 2.05) is 73.9 Å². The third kappa shape index (κ3) is 2.97. The summed E-state index contributed by atoms with van der Waals surface area (Å²) < 4.78 is 1.81. The van der Waals surface area contributed by atoms with Crippen LogP contribution in [0.5, 0.6) is 0 Å². The van der Waals surface area contributed by atoms with Crippen molar-refractivity contribution in [1.82, 2.24) is 19.9 Å². The van der Waals surface area contributed by atoms with Gasteiger partial charge in [0.2, 0.25) is 0 Å². The Morgan fingerprint density at radius 3 is 2.54 bits per heavy atom. The second-order valence-corrected chi connectivity index (χ2v) is 7.10. The lowest BCUT2D eigenvalue weighted by atomic mass is 10.2. The van der Waals surface area contributed by atoms with Crippen molar-refractivity contribution in [2.45, 2.75) is 33.2 Å². The molecular weight excluding hydrogens is 350 g/mol. The number of hydrogen-bond acceptors (Lipinski definition) is 4. The van der Waals surface area contributed by atoms with Crippen LogP contribution in [0.25, 0.3) is 27.9 Å². The van der Waals surface area contributed by atoms with Crippen molar-refractivity contribution in [2.75, 3.05) is 5.73 Å². The summed E-state index contributed by atoms with van der Waals surface area (Å²) in [6, 6.07) is 15.6. The zero-order chi connectivity index (χ0) is 19.8. The van der Waals surface area contributed by atoms with E-state index >= 15 is 0 Å². The second-order valence-electron chi connectivity index (χ2n) is 7.10. The zero-order valence-electron chi connectivity index (χ0n) is 16.2. The van der Waals surface area contributed by atoms with Gasteiger partial charge in [-0.3, -0.25) is 9.36 Å². The minimum absolute atomic E-state index is 0.0395. The number of carbonyl (C=O) groups is 1. The summed E-state index contributed by atoms with van der Waals surface area (Å²) in [6.07, 6.45) is 0.830. The Morgan fingerprint density at radius 1 is 1.14 bits per heavy atom. The number of hydrogen-bond donors (Lipinski definition) is 2. The lowest BCUT2D eigenvalue weighted by Crippen LogP contribution is -2.32. The van der Waals surface area contributed by atoms with E-state index in [4.69, 9.17) is 15.7 Å². The number of aromatic nitrogens is 3. The molecule has 142 valence electrons. The molecule has 2 aromatic carbocycles. The highest BCUT2D eigenvalue weighted by Crippen LogP contribution is 2.31. The first-order valence-electron chi connectivity index (χ1n) is 9.44. The minimum atomic E-state index is -0.229. The number of nitrogens with one attached hydrogen (secondary N) is 1. The first kappa shape index (κ1) is 18.0. The van der Waals surface area contributed by atoms with Crippen molar-refractivity contribution in [2.24, 2.45) is 0 Å². The number of amides is 1. The summed E-state index contributed by atoms with van der Waals surface area (Å²) in [6.45, 7) is 6.01. The van der Waals surface area contributed by atoms with Crippen LogP contribution in [0.1, 0.15) is 36.2 Å². The van der Waals surface area contributed by atoms with Crippen molar-refractivity contribution < 1.29 is 4.79 Å². The van der Waals surface area contributed by atoms with Crippen LogP contribution < -0.4 is 11.1 Å². The molecule has 0 spiro atoms. The highest BCUT2D eigenvalue weighted by atomic mass is 16.1. The molecule has 4 rings (SSSR count). The van der Waals surface area contributed by atoms with Gasteiger partial charge in [-0.05, 0) is 50.1 Å². The average molecular weight is 373 g/mol. The molecule has 0 fully saturated rings. The molecule has 0 aliphatic heterocycles. The van der Waals surface area contributed by atoms with Crippen molar-refractivity contribution in [3.05, 3.63) is 59.7 Å². The van der Waals surface area contributed by atoms with Crippen LogP contribution >= 0.6 is 0 Å². The molecule has 0 aliphatic carbocycles. The van der Waals surface area contributed by atoms with Crippen molar-refractivity contribution in [3.63, 3.8) is 0 Å². The van der Waals surface area contributed by atoms with Crippen LogP contribution in [0, 0.1) is 6.92 Å². The van der Waals surface area contributed by atoms with Gasteiger partial charge >= 0.3 is 0 Å². The fourth-order valence-electron chi connectivity index (χ4n) is 3.31. The van der Waals surface area contributed by atoms with Crippen LogP contribution in [0.4, 0.5) is 5.82 Å². The van der Waals surface area contributed by atoms with Gasteiger partial charge in [0.25, 0.3) is 5.91 Å². The summed E-state index contributed by atoms with van der Waals surface area (Å²) in [4.78, 5) is 22.5. The van der Waals surface area contributed by atoms with Gasteiger partial charge in [-0.2, -0.15) is 0 Å². The molecule has 0 bridgehead atoms. The van der Waals surface area contributed by atoms with E-state index in [2.05, 4.69) is 5.32 Å². The molecule has 0 radical (unpaired) electrons. The number of fused-ring (bicyclic) bond motifs is 2. The van der Waals surface area contributed by atoms with E-state index in [1.165, 1.54) is 0 Å². The Hall–Kier alpha value is -3.41. The molecule has 6 nitrogen and oxygen atoms in total. The first-order valence-corrected chi connectivity index (χ1v) is 9.44. The van der Waals surface area contributed by atoms with Gasteiger partial charge in [0.15, 0.2) is 5.65 Å². The van der Waals surface area contributed by atoms with Crippen LogP contribution in [-0.4, -0.2) is 26.5 Å². The van der Waals surface area contributed by atoms with E-state index in [0.29, 0.717) is 22.5 Å². The third-order valence-corrected chi connectivity index (χ3v) is 4.97. The fraction of sp³-hybridized carbons (Fsp3) is 0.227. The van der Waals surface area contributed by atoms with Crippen LogP contribution in [0.15, 0.2) is 48.5 Å². The normalized spacial score (nSPS) is 12.4. The molecule has 0 saturated heterocycles. The van der Waals surface area contributed by atoms with Gasteiger partial charge in [0.1, 0.15) is 16.9 Å². The fourth-order valence-corrected chi connectivity index (χ4v) is 3.31. The number of nitrogens with zero attached hydrogens (tertiary/aromatic N) is 3. The SMILES string of the molecule is CCC(C)NC(=O)c1c(N)n(-c2cccc(C)c2)c2nc3ccccc3nc12. The molecule has 1 atom stereocenters. The first-order chi connectivity index (χ1) is 13.5. The monoisotopic (exact) mass is 373 g/mol. The number of anilines is 1. The van der Waals surface area contributed by atoms with E-state index in [-0.39, 0.29) is 11.9 Å². The highest BCUT2D eigenvalue weighted by molar-refractivity contribution is 6.11. The molecule has 0 aliphatic rings. The predicted molar refractivity (Wildman–Crippen MR) is 113 cm³/mol. The van der Waals surface area contributed by atoms with E-state index in [1.54, 1.807) is 0 Å². The molecule has 2 aromatic heterocycles. The molecule has 1 unspecified atom stereocenters. The maximum absolute atomic E-state index is 13.0. The summed E-state index contributed by atoms with van der Waals surface area (Å²) in [7, 11) is 0. The summed E-state index contributed by atoms with van der Waals surface area (Å²) in [5.74, 6) is 0.115. The Morgan fingerprint density at radius 2 is 1.86 bits per heavy atom. The van der Waals surface area contributed by atoms with E-state index in [0.717, 1.165) is 28.7 Å². The maximum Gasteiger partial charge on any atom is 0.257 e. The molecule has 3 N–H and O–H groups in total. The van der Waals surface area contributed by atoms with Crippen molar-refractivity contribution in [3.8, 4) is 5.69 Å². The number of carbonyl (C=O) groups excluding carboxylic acids is 1. The number of nitrogen functional groups attached to an aromatic ring is 1. The smallest absolute Gasteiger partial charge is 0.257 e. The highest BCUT2D eigenvalue weighted by Gasteiger charge is 2.25. The standard InChI is InChI=1S/C22H23N5O/c1-4-14(3)24-22(28)18-19-21(26-17-11-6-5-10-16(17)25-19)27(20(18)23)15-9-7-8-13(2)12-15/h5-12,14H,4,23H2,1-3H3,(H,24,28). The predicted octanol–water partition coefficient (Wildman–Crippen LogP) is 3.99. The van der Waals surface area contributed by atoms with Gasteiger partial charge in [0, 0.05) is 11.7 Å². The Kier molecular flexibility index (Phi) is 4.47. The number of para-hydroxylation sites is 2. The summed E-state index contributed by atoms with van der Waals surface area (Å²) in [5, 5.41) is 3.00. The maximum atomic E-state index is 13.0. The quantitative estimate of drug-likeness (QED) is 0.566. The largest absolute Gasteiger partial charge is 0.384 e. The average Bonchev–Trinajstić information content (AvgIpc) is 2.96. The second kappa shape index (κ2) is 6.96. The molecule has 0 saturated carbocycles. The molecule has 1 amide bonds. The Labute approximate surface area is 163 Å². The zero-order valence-corrected chi connectivity index (χ0v) is 16.2. The van der Waals surface area contributed by atoms with E-state index < -0.39 is 0 Å². The number of benzene rings is 2. The van der Waals surface area contributed by atoms with Gasteiger partial charge in [0.05, 0.1) is 11.0 Å². The minimum Gasteiger partial charge on any atom is -0.384 e. The number of aryl methyl sites for hydroxylation is 1. The van der Waals surface area contributed by atoms with E-state index in [9.17, 15) is 4.79 Å². The molecule has 6 heteroatoms. The Balaban J connectivity index is 2.04. The molecule has 28 heavy (non-hydrogen) atoms.